The molecule has 274 valence electrons. The number of nitrogens with zero attached hydrogens (tertiary/aromatic N) is 1. The van der Waals surface area contributed by atoms with E-state index >= 15 is 0 Å². The Morgan fingerprint density at radius 2 is 0.556 bits per heavy atom. The quantitative estimate of drug-likeness (QED) is 0.0534. The summed E-state index contributed by atoms with van der Waals surface area (Å²) >= 11 is 0. The summed E-state index contributed by atoms with van der Waals surface area (Å²) in [5, 5.41) is 0. The second-order valence-corrected chi connectivity index (χ2v) is 15.0. The number of unbranched alkanes of at least 4 members (excludes halogenated alkanes) is 31. The Balaban J connectivity index is 0. The Bertz CT molecular complexity index is 629. The van der Waals surface area contributed by atoms with Crippen LogP contribution in [-0.4, -0.2) is 45.1 Å². The Labute approximate surface area is 284 Å². The van der Waals surface area contributed by atoms with Gasteiger partial charge in [0, 0.05) is 0 Å². The van der Waals surface area contributed by atoms with Crippen LogP contribution >= 0.6 is 0 Å². The molecule has 0 aliphatic rings. The first-order valence-electron chi connectivity index (χ1n) is 20.1. The molecule has 0 aromatic carbocycles. The second kappa shape index (κ2) is 40.0. The molecule has 45 heavy (non-hydrogen) atoms. The summed E-state index contributed by atoms with van der Waals surface area (Å²) in [5.74, 6) is 0. The monoisotopic (exact) mass is 662 g/mol. The summed E-state index contributed by atoms with van der Waals surface area (Å²) in [6.07, 6.45) is 48.3. The van der Waals surface area contributed by atoms with E-state index < -0.39 is 10.4 Å². The summed E-state index contributed by atoms with van der Waals surface area (Å²) in [5.41, 5.74) is 0. The molecule has 0 bridgehead atoms. The van der Waals surface area contributed by atoms with Gasteiger partial charge in [0.05, 0.1) is 7.11 Å². The molecule has 0 atom stereocenters. The maximum atomic E-state index is 9.33. The van der Waals surface area contributed by atoms with Crippen molar-refractivity contribution >= 4 is 10.4 Å². The van der Waals surface area contributed by atoms with Gasteiger partial charge in [-0.1, -0.05) is 213 Å². The fraction of sp³-hybridized carbons (Fsp3) is 1.00. The van der Waals surface area contributed by atoms with Crippen LogP contribution in [0.25, 0.3) is 0 Å². The van der Waals surface area contributed by atoms with Gasteiger partial charge in [-0.3, -0.25) is 8.74 Å². The molecule has 0 saturated carbocycles. The Morgan fingerprint density at radius 3 is 0.711 bits per heavy atom. The average molecular weight is 662 g/mol. The highest BCUT2D eigenvalue weighted by Crippen LogP contribution is 2.15. The van der Waals surface area contributed by atoms with Crippen molar-refractivity contribution < 1.29 is 17.2 Å². The van der Waals surface area contributed by atoms with E-state index in [4.69, 9.17) is 4.55 Å². The molecule has 1 N–H and O–H groups in total. The van der Waals surface area contributed by atoms with Gasteiger partial charge in [-0.05, 0) is 33.0 Å². The van der Waals surface area contributed by atoms with Crippen LogP contribution in [0.3, 0.4) is 0 Å². The van der Waals surface area contributed by atoms with Gasteiger partial charge in [-0.2, -0.15) is 8.42 Å². The smallest absolute Gasteiger partial charge is 0.306 e. The molecule has 0 radical (unpaired) electrons. The maximum Gasteiger partial charge on any atom is 0.397 e. The summed E-state index contributed by atoms with van der Waals surface area (Å²) in [6.45, 7) is 7.25. The predicted octanol–water partition coefficient (Wildman–Crippen LogP) is 13.3. The third-order valence-corrected chi connectivity index (χ3v) is 9.67. The van der Waals surface area contributed by atoms with E-state index in [0.717, 1.165) is 7.11 Å². The van der Waals surface area contributed by atoms with Crippen molar-refractivity contribution in [3.8, 4) is 0 Å². The van der Waals surface area contributed by atoms with Crippen LogP contribution in [0.1, 0.15) is 226 Å². The van der Waals surface area contributed by atoms with Gasteiger partial charge in [0.25, 0.3) is 0 Å². The van der Waals surface area contributed by atoms with Crippen LogP contribution in [0.5, 0.6) is 0 Å². The van der Waals surface area contributed by atoms with Crippen molar-refractivity contribution in [2.24, 2.45) is 0 Å². The highest BCUT2D eigenvalue weighted by Gasteiger charge is 2.00. The Kier molecular flexibility index (Phi) is 41.7. The van der Waals surface area contributed by atoms with Gasteiger partial charge in [0.15, 0.2) is 0 Å². The van der Waals surface area contributed by atoms with E-state index in [-0.39, 0.29) is 0 Å². The van der Waals surface area contributed by atoms with E-state index in [1.165, 1.54) is 225 Å². The van der Waals surface area contributed by atoms with E-state index in [0.29, 0.717) is 0 Å². The fourth-order valence-corrected chi connectivity index (χ4v) is 6.15. The molecular formula is C39H83NO4S. The minimum atomic E-state index is -4.16. The summed E-state index contributed by atoms with van der Waals surface area (Å²) in [4.78, 5) is 2.59. The molecule has 0 aliphatic heterocycles. The van der Waals surface area contributed by atoms with Crippen LogP contribution < -0.4 is 0 Å². The van der Waals surface area contributed by atoms with Gasteiger partial charge in [0.1, 0.15) is 0 Å². The molecule has 5 nitrogen and oxygen atoms in total. The van der Waals surface area contributed by atoms with Gasteiger partial charge in [-0.25, -0.2) is 0 Å². The van der Waals surface area contributed by atoms with E-state index in [2.05, 4.69) is 30.0 Å². The summed E-state index contributed by atoms with van der Waals surface area (Å²) < 4.78 is 29.7. The SMILES string of the molecule is CCCCCCCCCCCCCCCCCCCN(C)CCCCCCCCCCCCCCCCCC.COS(=O)(=O)O. The highest BCUT2D eigenvalue weighted by molar-refractivity contribution is 7.80. The molecule has 0 amide bonds. The van der Waals surface area contributed by atoms with Gasteiger partial charge < -0.3 is 4.90 Å². The third-order valence-electron chi connectivity index (χ3n) is 9.25. The van der Waals surface area contributed by atoms with Gasteiger partial charge in [0.2, 0.25) is 0 Å². The van der Waals surface area contributed by atoms with Gasteiger partial charge in [-0.15, -0.1) is 0 Å². The zero-order valence-electron chi connectivity index (χ0n) is 31.3. The fourth-order valence-electron chi connectivity index (χ4n) is 6.15. The molecule has 0 spiro atoms. The third kappa shape index (κ3) is 48.3. The molecule has 0 rings (SSSR count). The van der Waals surface area contributed by atoms with Crippen LogP contribution in [0, 0.1) is 0 Å². The summed E-state index contributed by atoms with van der Waals surface area (Å²) in [7, 11) is -0.947. The standard InChI is InChI=1S/C38H79N.CH4O4S/c1-4-6-8-10-12-14-16-18-20-22-24-26-28-30-32-34-36-38-39(3)37-35-33-31-29-27-25-23-21-19-17-15-13-11-9-7-5-2;1-5-6(2,3)4/h4-38H2,1-3H3;1H3,(H,2,3,4). The highest BCUT2D eigenvalue weighted by atomic mass is 32.3. The van der Waals surface area contributed by atoms with Crippen LogP contribution in [0.4, 0.5) is 0 Å². The first kappa shape index (κ1) is 46.9. The molecule has 0 aliphatic carbocycles. The first-order chi connectivity index (χ1) is 21.9. The molecule has 6 heteroatoms. The van der Waals surface area contributed by atoms with E-state index in [9.17, 15) is 8.42 Å². The van der Waals surface area contributed by atoms with Gasteiger partial charge >= 0.3 is 10.4 Å². The number of hydrogen-bond donors (Lipinski definition) is 1. The van der Waals surface area contributed by atoms with Crippen LogP contribution in [0.2, 0.25) is 0 Å². The molecule has 0 saturated heterocycles. The van der Waals surface area contributed by atoms with E-state index in [1.54, 1.807) is 0 Å². The molecule has 0 fully saturated rings. The summed E-state index contributed by atoms with van der Waals surface area (Å²) in [6, 6.07) is 0. The van der Waals surface area contributed by atoms with Crippen molar-refractivity contribution in [3.05, 3.63) is 0 Å². The topological polar surface area (TPSA) is 66.8 Å². The van der Waals surface area contributed by atoms with Crippen LogP contribution in [0.15, 0.2) is 0 Å². The second-order valence-electron chi connectivity index (χ2n) is 13.9. The van der Waals surface area contributed by atoms with E-state index in [1.807, 2.05) is 0 Å². The lowest BCUT2D eigenvalue weighted by atomic mass is 10.0. The molecule has 0 unspecified atom stereocenters. The van der Waals surface area contributed by atoms with Crippen LogP contribution in [-0.2, 0) is 14.6 Å². The lowest BCUT2D eigenvalue weighted by Crippen LogP contribution is -2.20. The van der Waals surface area contributed by atoms with Crippen molar-refractivity contribution in [3.63, 3.8) is 0 Å². The minimum absolute atomic E-state index is 0.870. The zero-order valence-corrected chi connectivity index (χ0v) is 32.1. The zero-order chi connectivity index (χ0) is 33.5. The number of hydrogen-bond acceptors (Lipinski definition) is 4. The normalized spacial score (nSPS) is 11.7. The average Bonchev–Trinajstić information content (AvgIpc) is 3.02. The first-order valence-corrected chi connectivity index (χ1v) is 21.4. The van der Waals surface area contributed by atoms with Crippen molar-refractivity contribution in [1.82, 2.24) is 4.90 Å². The lowest BCUT2D eigenvalue weighted by molar-refractivity contribution is 0.314. The molecule has 0 aromatic heterocycles. The van der Waals surface area contributed by atoms with Crippen molar-refractivity contribution in [2.45, 2.75) is 226 Å². The largest absolute Gasteiger partial charge is 0.397 e. The maximum absolute atomic E-state index is 9.33. The molecule has 0 heterocycles. The number of rotatable bonds is 36. The Morgan fingerprint density at radius 1 is 0.400 bits per heavy atom. The Hall–Kier alpha value is -0.170. The predicted molar refractivity (Wildman–Crippen MR) is 200 cm³/mol. The lowest BCUT2D eigenvalue weighted by Gasteiger charge is -2.16. The van der Waals surface area contributed by atoms with Crippen molar-refractivity contribution in [2.75, 3.05) is 27.2 Å². The minimum Gasteiger partial charge on any atom is -0.306 e. The molecule has 0 aromatic rings. The van der Waals surface area contributed by atoms with Crippen molar-refractivity contribution in [1.29, 1.82) is 0 Å². The molecular weight excluding hydrogens is 578 g/mol.